The zero-order chi connectivity index (χ0) is 13.9. The summed E-state index contributed by atoms with van der Waals surface area (Å²) in [7, 11) is 0. The molecule has 1 aliphatic heterocycles. The SMILES string of the molecule is CC(C)CC(O)[C@@H]1CCN(C(=O)OC(C)(C)C)C1. The summed E-state index contributed by atoms with van der Waals surface area (Å²) in [5, 5.41) is 10.1. The van der Waals surface area contributed by atoms with Crippen LogP contribution in [0.15, 0.2) is 0 Å². The fourth-order valence-corrected chi connectivity index (χ4v) is 2.27. The lowest BCUT2D eigenvalue weighted by Crippen LogP contribution is -2.36. The Bertz CT molecular complexity index is 283. The molecule has 18 heavy (non-hydrogen) atoms. The largest absolute Gasteiger partial charge is 0.444 e. The van der Waals surface area contributed by atoms with E-state index >= 15 is 0 Å². The summed E-state index contributed by atoms with van der Waals surface area (Å²) in [6.07, 6.45) is 1.10. The van der Waals surface area contributed by atoms with E-state index in [0.717, 1.165) is 12.8 Å². The van der Waals surface area contributed by atoms with E-state index in [2.05, 4.69) is 13.8 Å². The van der Waals surface area contributed by atoms with Gasteiger partial charge in [0.15, 0.2) is 0 Å². The monoisotopic (exact) mass is 257 g/mol. The Morgan fingerprint density at radius 1 is 1.44 bits per heavy atom. The Hall–Kier alpha value is -0.770. The van der Waals surface area contributed by atoms with Crippen molar-refractivity contribution in [1.82, 2.24) is 4.90 Å². The number of carbonyl (C=O) groups excluding carboxylic acids is 1. The molecule has 1 amide bonds. The molecule has 0 radical (unpaired) electrons. The van der Waals surface area contributed by atoms with E-state index in [4.69, 9.17) is 4.74 Å². The maximum Gasteiger partial charge on any atom is 0.410 e. The predicted molar refractivity (Wildman–Crippen MR) is 71.4 cm³/mol. The number of hydrogen-bond donors (Lipinski definition) is 1. The molecule has 1 aliphatic rings. The van der Waals surface area contributed by atoms with Gasteiger partial charge in [0.05, 0.1) is 6.10 Å². The summed E-state index contributed by atoms with van der Waals surface area (Å²) in [5.74, 6) is 0.676. The Balaban J connectivity index is 2.43. The van der Waals surface area contributed by atoms with Crippen molar-refractivity contribution < 1.29 is 14.6 Å². The van der Waals surface area contributed by atoms with Gasteiger partial charge in [-0.1, -0.05) is 13.8 Å². The number of likely N-dealkylation sites (tertiary alicyclic amines) is 1. The van der Waals surface area contributed by atoms with Gasteiger partial charge in [-0.15, -0.1) is 0 Å². The van der Waals surface area contributed by atoms with Gasteiger partial charge < -0.3 is 14.7 Å². The van der Waals surface area contributed by atoms with Gasteiger partial charge in [-0.3, -0.25) is 0 Å². The first-order chi connectivity index (χ1) is 8.19. The van der Waals surface area contributed by atoms with E-state index in [1.165, 1.54) is 0 Å². The van der Waals surface area contributed by atoms with E-state index in [1.807, 2.05) is 20.8 Å². The lowest BCUT2D eigenvalue weighted by Gasteiger charge is -2.25. The summed E-state index contributed by atoms with van der Waals surface area (Å²) in [4.78, 5) is 13.6. The Labute approximate surface area is 110 Å². The van der Waals surface area contributed by atoms with Crippen molar-refractivity contribution in [3.63, 3.8) is 0 Å². The van der Waals surface area contributed by atoms with Gasteiger partial charge >= 0.3 is 6.09 Å². The van der Waals surface area contributed by atoms with Gasteiger partial charge in [0, 0.05) is 19.0 Å². The van der Waals surface area contributed by atoms with Gasteiger partial charge in [0.25, 0.3) is 0 Å². The van der Waals surface area contributed by atoms with Crippen LogP contribution in [0.5, 0.6) is 0 Å². The number of nitrogens with zero attached hydrogens (tertiary/aromatic N) is 1. The molecule has 2 atom stereocenters. The third kappa shape index (κ3) is 4.84. The molecule has 1 heterocycles. The normalized spacial score (nSPS) is 22.4. The molecule has 1 N–H and O–H groups in total. The molecule has 1 fully saturated rings. The minimum atomic E-state index is -0.453. The second-order valence-corrected chi connectivity index (χ2v) is 6.67. The van der Waals surface area contributed by atoms with Crippen LogP contribution in [0.4, 0.5) is 4.79 Å². The van der Waals surface area contributed by atoms with E-state index < -0.39 is 5.60 Å². The van der Waals surface area contributed by atoms with Gasteiger partial charge in [-0.2, -0.15) is 0 Å². The topological polar surface area (TPSA) is 49.8 Å². The molecule has 0 aromatic rings. The second-order valence-electron chi connectivity index (χ2n) is 6.67. The molecule has 0 saturated carbocycles. The molecular formula is C14H27NO3. The van der Waals surface area contributed by atoms with Gasteiger partial charge in [0.2, 0.25) is 0 Å². The van der Waals surface area contributed by atoms with Crippen LogP contribution in [0, 0.1) is 11.8 Å². The molecule has 1 saturated heterocycles. The number of aliphatic hydroxyl groups excluding tert-OH is 1. The Kier molecular flexibility index (Phi) is 5.02. The van der Waals surface area contributed by atoms with Crippen LogP contribution in [0.25, 0.3) is 0 Å². The number of aliphatic hydroxyl groups is 1. The summed E-state index contributed by atoms with van der Waals surface area (Å²) in [5.41, 5.74) is -0.453. The van der Waals surface area contributed by atoms with Crippen LogP contribution in [-0.2, 0) is 4.74 Å². The van der Waals surface area contributed by atoms with Crippen LogP contribution in [0.2, 0.25) is 0 Å². The van der Waals surface area contributed by atoms with Crippen LogP contribution >= 0.6 is 0 Å². The standard InChI is InChI=1S/C14H27NO3/c1-10(2)8-12(16)11-6-7-15(9-11)13(17)18-14(3,4)5/h10-12,16H,6-9H2,1-5H3/t11-,12?/m1/s1. The molecule has 0 spiro atoms. The highest BCUT2D eigenvalue weighted by molar-refractivity contribution is 5.68. The lowest BCUT2D eigenvalue weighted by atomic mass is 9.94. The first-order valence-corrected chi connectivity index (χ1v) is 6.85. The van der Waals surface area contributed by atoms with Crippen molar-refractivity contribution >= 4 is 6.09 Å². The molecule has 1 unspecified atom stereocenters. The molecule has 4 nitrogen and oxygen atoms in total. The summed E-state index contributed by atoms with van der Waals surface area (Å²) in [6.45, 7) is 11.1. The zero-order valence-electron chi connectivity index (χ0n) is 12.3. The van der Waals surface area contributed by atoms with Crippen molar-refractivity contribution in [1.29, 1.82) is 0 Å². The zero-order valence-corrected chi connectivity index (χ0v) is 12.3. The van der Waals surface area contributed by atoms with Gasteiger partial charge in [-0.25, -0.2) is 4.79 Å². The summed E-state index contributed by atoms with van der Waals surface area (Å²) < 4.78 is 5.34. The van der Waals surface area contributed by atoms with E-state index in [0.29, 0.717) is 19.0 Å². The summed E-state index contributed by atoms with van der Waals surface area (Å²) in [6, 6.07) is 0. The second kappa shape index (κ2) is 5.91. The highest BCUT2D eigenvalue weighted by Crippen LogP contribution is 2.25. The van der Waals surface area contributed by atoms with E-state index in [1.54, 1.807) is 4.90 Å². The average molecular weight is 257 g/mol. The average Bonchev–Trinajstić information content (AvgIpc) is 2.61. The third-order valence-electron chi connectivity index (χ3n) is 3.13. The third-order valence-corrected chi connectivity index (χ3v) is 3.13. The quantitative estimate of drug-likeness (QED) is 0.845. The van der Waals surface area contributed by atoms with Gasteiger partial charge in [-0.05, 0) is 39.5 Å². The minimum Gasteiger partial charge on any atom is -0.444 e. The first kappa shape index (κ1) is 15.3. The fraction of sp³-hybridized carbons (Fsp3) is 0.929. The lowest BCUT2D eigenvalue weighted by molar-refractivity contribution is 0.0262. The molecule has 0 bridgehead atoms. The van der Waals surface area contributed by atoms with Crippen molar-refractivity contribution in [2.24, 2.45) is 11.8 Å². The number of ether oxygens (including phenoxy) is 1. The number of hydrogen-bond acceptors (Lipinski definition) is 3. The Morgan fingerprint density at radius 2 is 2.06 bits per heavy atom. The summed E-state index contributed by atoms with van der Waals surface area (Å²) >= 11 is 0. The van der Waals surface area contributed by atoms with Crippen LogP contribution in [-0.4, -0.2) is 40.9 Å². The number of carbonyl (C=O) groups is 1. The minimum absolute atomic E-state index is 0.194. The maximum atomic E-state index is 11.9. The molecule has 4 heteroatoms. The maximum absolute atomic E-state index is 11.9. The van der Waals surface area contributed by atoms with E-state index in [9.17, 15) is 9.90 Å². The van der Waals surface area contributed by atoms with Crippen LogP contribution < -0.4 is 0 Å². The number of rotatable bonds is 3. The van der Waals surface area contributed by atoms with Crippen molar-refractivity contribution in [2.75, 3.05) is 13.1 Å². The van der Waals surface area contributed by atoms with Gasteiger partial charge in [0.1, 0.15) is 5.60 Å². The fourth-order valence-electron chi connectivity index (χ4n) is 2.27. The van der Waals surface area contributed by atoms with Crippen molar-refractivity contribution in [2.45, 2.75) is 59.2 Å². The van der Waals surface area contributed by atoms with Crippen LogP contribution in [0.3, 0.4) is 0 Å². The van der Waals surface area contributed by atoms with Crippen LogP contribution in [0.1, 0.15) is 47.5 Å². The van der Waals surface area contributed by atoms with Crippen molar-refractivity contribution in [3.8, 4) is 0 Å². The first-order valence-electron chi connectivity index (χ1n) is 6.85. The molecular weight excluding hydrogens is 230 g/mol. The molecule has 0 aromatic heterocycles. The smallest absolute Gasteiger partial charge is 0.410 e. The van der Waals surface area contributed by atoms with E-state index in [-0.39, 0.29) is 18.1 Å². The molecule has 106 valence electrons. The molecule has 1 rings (SSSR count). The number of amides is 1. The Morgan fingerprint density at radius 3 is 2.56 bits per heavy atom. The highest BCUT2D eigenvalue weighted by Gasteiger charge is 2.33. The molecule has 0 aromatic carbocycles. The predicted octanol–water partition coefficient (Wildman–Crippen LogP) is 2.65. The highest BCUT2D eigenvalue weighted by atomic mass is 16.6. The molecule has 0 aliphatic carbocycles. The van der Waals surface area contributed by atoms with Crippen molar-refractivity contribution in [3.05, 3.63) is 0 Å².